The van der Waals surface area contributed by atoms with Crippen LogP contribution >= 0.6 is 0 Å². The minimum atomic E-state index is -0.369. The van der Waals surface area contributed by atoms with E-state index in [9.17, 15) is 9.18 Å². The van der Waals surface area contributed by atoms with Gasteiger partial charge in [0.25, 0.3) is 5.91 Å². The van der Waals surface area contributed by atoms with E-state index in [1.165, 1.54) is 11.0 Å². The summed E-state index contributed by atoms with van der Waals surface area (Å²) in [5, 5.41) is 0. The molecule has 1 heterocycles. The predicted molar refractivity (Wildman–Crippen MR) is 72.4 cm³/mol. The minimum Gasteiger partial charge on any atom is -0.345 e. The molecule has 4 heteroatoms. The first-order chi connectivity index (χ1) is 9.00. The fourth-order valence-electron chi connectivity index (χ4n) is 1.85. The summed E-state index contributed by atoms with van der Waals surface area (Å²) in [6.45, 7) is 1.82. The highest BCUT2D eigenvalue weighted by Crippen LogP contribution is 2.25. The molecular formula is C15H15FN2O. The Kier molecular flexibility index (Phi) is 3.60. The molecule has 1 amide bonds. The number of amides is 1. The number of pyridine rings is 1. The van der Waals surface area contributed by atoms with Gasteiger partial charge >= 0.3 is 0 Å². The van der Waals surface area contributed by atoms with Gasteiger partial charge in [-0.3, -0.25) is 9.78 Å². The van der Waals surface area contributed by atoms with Gasteiger partial charge in [-0.15, -0.1) is 0 Å². The van der Waals surface area contributed by atoms with E-state index in [0.717, 1.165) is 5.56 Å². The Balaban J connectivity index is 2.59. The molecule has 1 aromatic heterocycles. The molecule has 2 aromatic rings. The molecule has 0 radical (unpaired) electrons. The average molecular weight is 258 g/mol. The molecule has 0 aliphatic rings. The lowest BCUT2D eigenvalue weighted by Crippen LogP contribution is -2.22. The van der Waals surface area contributed by atoms with E-state index in [1.807, 2.05) is 6.92 Å². The van der Waals surface area contributed by atoms with Gasteiger partial charge in [-0.1, -0.05) is 6.07 Å². The summed E-state index contributed by atoms with van der Waals surface area (Å²) in [6, 6.07) is 8.22. The van der Waals surface area contributed by atoms with Gasteiger partial charge in [0.2, 0.25) is 0 Å². The van der Waals surface area contributed by atoms with Gasteiger partial charge in [-0.25, -0.2) is 4.39 Å². The lowest BCUT2D eigenvalue weighted by atomic mass is 10.0. The number of carbonyl (C=O) groups excluding carboxylic acids is 1. The van der Waals surface area contributed by atoms with Crippen molar-refractivity contribution in [2.24, 2.45) is 0 Å². The number of rotatable bonds is 2. The zero-order chi connectivity index (χ0) is 14.0. The number of hydrogen-bond acceptors (Lipinski definition) is 2. The molecule has 0 spiro atoms. The van der Waals surface area contributed by atoms with Crippen LogP contribution in [0.25, 0.3) is 11.3 Å². The van der Waals surface area contributed by atoms with Gasteiger partial charge in [0, 0.05) is 25.9 Å². The largest absolute Gasteiger partial charge is 0.345 e. The standard InChI is InChI=1S/C15H15FN2O/c1-10-6-7-11(13(16)9-10)14-12(5-4-8-17-14)15(19)18(2)3/h4-9H,1-3H3. The third-order valence-electron chi connectivity index (χ3n) is 2.82. The van der Waals surface area contributed by atoms with E-state index in [4.69, 9.17) is 0 Å². The number of aryl methyl sites for hydroxylation is 1. The Bertz CT molecular complexity index is 623. The second-order valence-electron chi connectivity index (χ2n) is 4.58. The van der Waals surface area contributed by atoms with Gasteiger partial charge in [0.05, 0.1) is 11.3 Å². The zero-order valence-electron chi connectivity index (χ0n) is 11.1. The number of carbonyl (C=O) groups is 1. The molecule has 0 N–H and O–H groups in total. The second-order valence-corrected chi connectivity index (χ2v) is 4.58. The van der Waals surface area contributed by atoms with Crippen LogP contribution in [0.1, 0.15) is 15.9 Å². The fourth-order valence-corrected chi connectivity index (χ4v) is 1.85. The van der Waals surface area contributed by atoms with Crippen LogP contribution in [-0.4, -0.2) is 29.9 Å². The van der Waals surface area contributed by atoms with Crippen molar-refractivity contribution in [2.75, 3.05) is 14.1 Å². The van der Waals surface area contributed by atoms with E-state index in [1.54, 1.807) is 44.6 Å². The maximum absolute atomic E-state index is 14.0. The summed E-state index contributed by atoms with van der Waals surface area (Å²) in [6.07, 6.45) is 1.56. The van der Waals surface area contributed by atoms with E-state index in [0.29, 0.717) is 16.8 Å². The normalized spacial score (nSPS) is 10.3. The molecule has 19 heavy (non-hydrogen) atoms. The molecule has 0 saturated carbocycles. The maximum Gasteiger partial charge on any atom is 0.255 e. The molecule has 0 fully saturated rings. The Morgan fingerprint density at radius 3 is 2.63 bits per heavy atom. The fraction of sp³-hybridized carbons (Fsp3) is 0.200. The van der Waals surface area contributed by atoms with Crippen LogP contribution in [0.2, 0.25) is 0 Å². The monoisotopic (exact) mass is 258 g/mol. The first kappa shape index (κ1) is 13.2. The van der Waals surface area contributed by atoms with Gasteiger partial charge in [0.15, 0.2) is 0 Å². The first-order valence-electron chi connectivity index (χ1n) is 5.94. The van der Waals surface area contributed by atoms with Crippen LogP contribution in [0.15, 0.2) is 36.5 Å². The lowest BCUT2D eigenvalue weighted by Gasteiger charge is -2.13. The summed E-state index contributed by atoms with van der Waals surface area (Å²) in [7, 11) is 3.31. The van der Waals surface area contributed by atoms with Crippen LogP contribution in [-0.2, 0) is 0 Å². The number of hydrogen-bond donors (Lipinski definition) is 0. The van der Waals surface area contributed by atoms with Crippen LogP contribution in [0.3, 0.4) is 0 Å². The Hall–Kier alpha value is -2.23. The molecule has 0 saturated heterocycles. The van der Waals surface area contributed by atoms with Crippen molar-refractivity contribution in [1.29, 1.82) is 0 Å². The number of aromatic nitrogens is 1. The van der Waals surface area contributed by atoms with E-state index in [-0.39, 0.29) is 11.7 Å². The Morgan fingerprint density at radius 2 is 2.00 bits per heavy atom. The number of benzene rings is 1. The van der Waals surface area contributed by atoms with E-state index in [2.05, 4.69) is 4.98 Å². The zero-order valence-corrected chi connectivity index (χ0v) is 11.1. The van der Waals surface area contributed by atoms with Crippen molar-refractivity contribution in [3.8, 4) is 11.3 Å². The average Bonchev–Trinajstić information content (AvgIpc) is 2.38. The highest BCUT2D eigenvalue weighted by Gasteiger charge is 2.17. The Labute approximate surface area is 111 Å². The maximum atomic E-state index is 14.0. The highest BCUT2D eigenvalue weighted by molar-refractivity contribution is 5.99. The molecule has 0 atom stereocenters. The van der Waals surface area contributed by atoms with Crippen molar-refractivity contribution in [3.05, 3.63) is 53.5 Å². The molecule has 98 valence electrons. The number of nitrogens with zero attached hydrogens (tertiary/aromatic N) is 2. The minimum absolute atomic E-state index is 0.192. The molecule has 1 aromatic carbocycles. The van der Waals surface area contributed by atoms with Gasteiger partial charge < -0.3 is 4.90 Å². The van der Waals surface area contributed by atoms with Crippen molar-refractivity contribution < 1.29 is 9.18 Å². The van der Waals surface area contributed by atoms with E-state index < -0.39 is 0 Å². The lowest BCUT2D eigenvalue weighted by molar-refractivity contribution is 0.0828. The van der Waals surface area contributed by atoms with Crippen LogP contribution in [0.5, 0.6) is 0 Å². The smallest absolute Gasteiger partial charge is 0.255 e. The van der Waals surface area contributed by atoms with Crippen molar-refractivity contribution in [1.82, 2.24) is 9.88 Å². The molecule has 0 bridgehead atoms. The van der Waals surface area contributed by atoms with Crippen molar-refractivity contribution >= 4 is 5.91 Å². The van der Waals surface area contributed by atoms with Crippen LogP contribution in [0.4, 0.5) is 4.39 Å². The summed E-state index contributed by atoms with van der Waals surface area (Å²) in [5.74, 6) is -0.561. The summed E-state index contributed by atoms with van der Waals surface area (Å²) >= 11 is 0. The van der Waals surface area contributed by atoms with Gasteiger partial charge in [0.1, 0.15) is 5.82 Å². The molecule has 0 aliphatic heterocycles. The van der Waals surface area contributed by atoms with Crippen LogP contribution in [0, 0.1) is 12.7 Å². The van der Waals surface area contributed by atoms with Crippen molar-refractivity contribution in [2.45, 2.75) is 6.92 Å². The molecule has 3 nitrogen and oxygen atoms in total. The number of halogens is 1. The van der Waals surface area contributed by atoms with Gasteiger partial charge in [-0.2, -0.15) is 0 Å². The molecule has 2 rings (SSSR count). The SMILES string of the molecule is Cc1ccc(-c2ncccc2C(=O)N(C)C)c(F)c1. The quantitative estimate of drug-likeness (QED) is 0.829. The topological polar surface area (TPSA) is 33.2 Å². The van der Waals surface area contributed by atoms with Gasteiger partial charge in [-0.05, 0) is 36.8 Å². The van der Waals surface area contributed by atoms with Crippen LogP contribution < -0.4 is 0 Å². The summed E-state index contributed by atoms with van der Waals surface area (Å²) < 4.78 is 14.0. The summed E-state index contributed by atoms with van der Waals surface area (Å²) in [4.78, 5) is 17.7. The van der Waals surface area contributed by atoms with E-state index >= 15 is 0 Å². The van der Waals surface area contributed by atoms with Crippen molar-refractivity contribution in [3.63, 3.8) is 0 Å². The third-order valence-corrected chi connectivity index (χ3v) is 2.82. The second kappa shape index (κ2) is 5.18. The first-order valence-corrected chi connectivity index (χ1v) is 5.94. The predicted octanol–water partition coefficient (Wildman–Crippen LogP) is 2.90. The molecular weight excluding hydrogens is 243 g/mol. The Morgan fingerprint density at radius 1 is 1.26 bits per heavy atom. The summed E-state index contributed by atoms with van der Waals surface area (Å²) in [5.41, 5.74) is 1.95. The molecule has 0 unspecified atom stereocenters. The third kappa shape index (κ3) is 2.62. The molecule has 0 aliphatic carbocycles. The highest BCUT2D eigenvalue weighted by atomic mass is 19.1.